The number of nitrogens with zero attached hydrogens (tertiary/aromatic N) is 1. The van der Waals surface area contributed by atoms with Crippen molar-refractivity contribution in [1.82, 2.24) is 4.57 Å². The molecule has 0 saturated heterocycles. The van der Waals surface area contributed by atoms with Crippen molar-refractivity contribution >= 4 is 11.4 Å². The molecule has 0 aliphatic carbocycles. The van der Waals surface area contributed by atoms with Gasteiger partial charge in [0.15, 0.2) is 0 Å². The number of hydrogen-bond donors (Lipinski definition) is 1. The summed E-state index contributed by atoms with van der Waals surface area (Å²) in [6.45, 7) is 20.5. The first-order chi connectivity index (χ1) is 18.3. The van der Waals surface area contributed by atoms with Crippen LogP contribution in [-0.2, 0) is 27.6 Å². The summed E-state index contributed by atoms with van der Waals surface area (Å²) >= 11 is 0. The van der Waals surface area contributed by atoms with Crippen LogP contribution in [0.25, 0.3) is 28.1 Å². The van der Waals surface area contributed by atoms with Crippen LogP contribution in [0.5, 0.6) is 0 Å². The smallest absolute Gasteiger partial charge is 0.355 e. The number of benzene rings is 3. The van der Waals surface area contributed by atoms with Crippen molar-refractivity contribution in [1.29, 1.82) is 0 Å². The van der Waals surface area contributed by atoms with Crippen molar-refractivity contribution in [2.45, 2.75) is 46.1 Å². The van der Waals surface area contributed by atoms with E-state index in [1.54, 1.807) is 12.1 Å². The molecule has 2 nitrogen and oxygen atoms in total. The van der Waals surface area contributed by atoms with E-state index in [1.807, 2.05) is 48.5 Å². The van der Waals surface area contributed by atoms with E-state index in [9.17, 15) is 4.39 Å². The molecule has 0 radical (unpaired) electrons. The molecule has 0 saturated carbocycles. The van der Waals surface area contributed by atoms with Gasteiger partial charge in [0.2, 0.25) is 0 Å². The third-order valence-corrected chi connectivity index (χ3v) is 6.90. The average Bonchev–Trinajstić information content (AvgIpc) is 3.24. The van der Waals surface area contributed by atoms with Crippen LogP contribution >= 0.6 is 0 Å². The van der Waals surface area contributed by atoms with Crippen LogP contribution < -0.4 is 5.32 Å². The largest absolute Gasteiger partial charge is 2.00 e. The van der Waals surface area contributed by atoms with Gasteiger partial charge in [-0.25, -0.2) is 4.39 Å². The molecule has 4 rings (SSSR count). The van der Waals surface area contributed by atoms with Crippen molar-refractivity contribution in [3.63, 3.8) is 0 Å². The van der Waals surface area contributed by atoms with E-state index in [0.717, 1.165) is 58.7 Å². The van der Waals surface area contributed by atoms with Gasteiger partial charge in [0.25, 0.3) is 0 Å². The van der Waals surface area contributed by atoms with Crippen molar-refractivity contribution in [2.75, 3.05) is 5.32 Å². The molecule has 1 N–H and O–H groups in total. The average molecular weight is 691 g/mol. The maximum absolute atomic E-state index is 14.0. The zero-order chi connectivity index (χ0) is 27.2. The number of halogens is 1. The minimum absolute atomic E-state index is 0. The van der Waals surface area contributed by atoms with Gasteiger partial charge in [0.1, 0.15) is 5.82 Å². The van der Waals surface area contributed by atoms with E-state index < -0.39 is 0 Å². The minimum Gasteiger partial charge on any atom is -0.355 e. The molecule has 4 heteroatoms. The summed E-state index contributed by atoms with van der Waals surface area (Å²) in [5.74, 6) is 0.634. The van der Waals surface area contributed by atoms with E-state index in [0.29, 0.717) is 11.8 Å². The third kappa shape index (κ3) is 7.40. The van der Waals surface area contributed by atoms with Gasteiger partial charge >= 0.3 is 21.1 Å². The number of rotatable bonds is 11. The van der Waals surface area contributed by atoms with Crippen LogP contribution in [0, 0.1) is 31.5 Å². The number of aromatic nitrogens is 1. The molecule has 39 heavy (non-hydrogen) atoms. The van der Waals surface area contributed by atoms with E-state index in [4.69, 9.17) is 0 Å². The first-order valence-corrected chi connectivity index (χ1v) is 13.5. The Morgan fingerprint density at radius 2 is 1.46 bits per heavy atom. The molecule has 0 fully saturated rings. The molecule has 0 aliphatic rings. The molecule has 0 unspecified atom stereocenters. The molecule has 0 bridgehead atoms. The van der Waals surface area contributed by atoms with E-state index >= 15 is 0 Å². The summed E-state index contributed by atoms with van der Waals surface area (Å²) in [5, 5.41) is 3.57. The summed E-state index contributed by atoms with van der Waals surface area (Å²) in [6.07, 6.45) is 1.90. The van der Waals surface area contributed by atoms with Gasteiger partial charge in [-0.05, 0) is 53.4 Å². The zero-order valence-corrected chi connectivity index (χ0v) is 26.2. The van der Waals surface area contributed by atoms with Crippen LogP contribution in [0.2, 0.25) is 0 Å². The van der Waals surface area contributed by atoms with Gasteiger partial charge in [-0.3, -0.25) is 0 Å². The van der Waals surface area contributed by atoms with Gasteiger partial charge in [0.05, 0.1) is 5.69 Å². The normalized spacial score (nSPS) is 12.6. The van der Waals surface area contributed by atoms with Crippen molar-refractivity contribution in [3.8, 4) is 22.4 Å². The van der Waals surface area contributed by atoms with E-state index in [-0.39, 0.29) is 32.8 Å². The van der Waals surface area contributed by atoms with Crippen LogP contribution in [-0.4, -0.2) is 4.57 Å². The molecular formula is C35H39FN2W. The summed E-state index contributed by atoms with van der Waals surface area (Å²) in [6, 6.07) is 27.4. The molecule has 202 valence electrons. The number of anilines is 1. The summed E-state index contributed by atoms with van der Waals surface area (Å²) in [5.41, 5.74) is 8.43. The van der Waals surface area contributed by atoms with Gasteiger partial charge in [0, 0.05) is 34.8 Å². The standard InChI is InChI=1S/C35H39FN2.W/c1-24(2)23-26(5)21-22-38-34(25(3)4)32(27(6)37-31-15-11-8-12-16-31)33(28-13-9-7-10-14-28)35(38)29-17-19-30(36)20-18-29;/h7-20,24-26,37H,1,5-6,21-23H2,2-4H3;/q-2;+2/t24-,26+;/m0./s1. The molecular weight excluding hydrogens is 651 g/mol. The fourth-order valence-electron chi connectivity index (χ4n) is 5.33. The maximum Gasteiger partial charge on any atom is 2.00 e. The molecule has 0 spiro atoms. The van der Waals surface area contributed by atoms with Crippen molar-refractivity contribution < 1.29 is 25.5 Å². The molecule has 1 aromatic heterocycles. The molecule has 3 aromatic carbocycles. The van der Waals surface area contributed by atoms with Crippen LogP contribution in [0.15, 0.2) is 91.5 Å². The number of nitrogens with one attached hydrogen (secondary N) is 1. The second-order valence-corrected chi connectivity index (χ2v) is 10.6. The van der Waals surface area contributed by atoms with Gasteiger partial charge in [-0.1, -0.05) is 82.3 Å². The fraction of sp³-hybridized carbons (Fsp3) is 0.257. The first kappa shape index (κ1) is 30.6. The van der Waals surface area contributed by atoms with Crippen LogP contribution in [0.4, 0.5) is 10.1 Å². The molecule has 2 atom stereocenters. The fourth-order valence-corrected chi connectivity index (χ4v) is 5.33. The minimum atomic E-state index is -0.241. The Balaban J connectivity index is 0.00000420. The molecule has 0 aliphatic heterocycles. The molecule has 0 amide bonds. The second kappa shape index (κ2) is 13.9. The van der Waals surface area contributed by atoms with Crippen molar-refractivity contribution in [3.05, 3.63) is 122 Å². The SMILES string of the molecule is C=C(Nc1ccccc1)c1c(-c2ccccc2)c(-c2ccc(F)cc2)n(CC[C@@H]([CH2-])C[C@@H]([CH2-])C)c1C(C)C.[W+2]. The third-order valence-electron chi connectivity index (χ3n) is 6.90. The Morgan fingerprint density at radius 1 is 0.872 bits per heavy atom. The van der Waals surface area contributed by atoms with Gasteiger partial charge in [-0.15, -0.1) is 6.42 Å². The Morgan fingerprint density at radius 3 is 2.03 bits per heavy atom. The predicted octanol–water partition coefficient (Wildman–Crippen LogP) is 9.87. The van der Waals surface area contributed by atoms with Gasteiger partial charge in [-0.2, -0.15) is 11.8 Å². The molecule has 4 aromatic rings. The number of para-hydroxylation sites is 1. The van der Waals surface area contributed by atoms with E-state index in [1.165, 1.54) is 5.69 Å². The Bertz CT molecular complexity index is 1340. The summed E-state index contributed by atoms with van der Waals surface area (Å²) in [7, 11) is 0. The Kier molecular flexibility index (Phi) is 11.0. The van der Waals surface area contributed by atoms with Crippen LogP contribution in [0.1, 0.15) is 50.8 Å². The van der Waals surface area contributed by atoms with Gasteiger partial charge < -0.3 is 23.7 Å². The van der Waals surface area contributed by atoms with Crippen LogP contribution in [0.3, 0.4) is 0 Å². The Hall–Kier alpha value is -2.90. The van der Waals surface area contributed by atoms with E-state index in [2.05, 4.69) is 75.3 Å². The first-order valence-electron chi connectivity index (χ1n) is 13.5. The van der Waals surface area contributed by atoms with Crippen molar-refractivity contribution in [2.24, 2.45) is 11.8 Å². The monoisotopic (exact) mass is 690 g/mol. The maximum atomic E-state index is 14.0. The second-order valence-electron chi connectivity index (χ2n) is 10.6. The zero-order valence-electron chi connectivity index (χ0n) is 23.3. The predicted molar refractivity (Wildman–Crippen MR) is 161 cm³/mol. The summed E-state index contributed by atoms with van der Waals surface area (Å²) in [4.78, 5) is 0. The summed E-state index contributed by atoms with van der Waals surface area (Å²) < 4.78 is 16.5. The number of hydrogen-bond acceptors (Lipinski definition) is 1. The quantitative estimate of drug-likeness (QED) is 0.155. The molecule has 1 heterocycles. The topological polar surface area (TPSA) is 17.0 Å². The Labute approximate surface area is 248 Å².